The molecule has 1 aromatic carbocycles. The number of ether oxygens (including phenoxy) is 1. The van der Waals surface area contributed by atoms with Gasteiger partial charge in [-0.25, -0.2) is 9.78 Å². The minimum atomic E-state index is -0.473. The van der Waals surface area contributed by atoms with Crippen LogP contribution in [0.15, 0.2) is 30.3 Å². The van der Waals surface area contributed by atoms with E-state index in [1.54, 1.807) is 4.90 Å². The first-order chi connectivity index (χ1) is 9.92. The first kappa shape index (κ1) is 13.7. The van der Waals surface area contributed by atoms with Crippen LogP contribution in [0.1, 0.15) is 26.6 Å². The first-order valence-corrected chi connectivity index (χ1v) is 7.04. The van der Waals surface area contributed by atoms with Gasteiger partial charge in [0.25, 0.3) is 0 Å². The number of imidazole rings is 1. The maximum atomic E-state index is 12.0. The molecule has 21 heavy (non-hydrogen) atoms. The van der Waals surface area contributed by atoms with Gasteiger partial charge in [0, 0.05) is 12.1 Å². The van der Waals surface area contributed by atoms with Gasteiger partial charge in [-0.05, 0) is 32.9 Å². The van der Waals surface area contributed by atoms with Gasteiger partial charge < -0.3 is 14.6 Å². The van der Waals surface area contributed by atoms with Crippen LogP contribution in [0.5, 0.6) is 0 Å². The fourth-order valence-corrected chi connectivity index (χ4v) is 2.30. The highest BCUT2D eigenvalue weighted by Crippen LogP contribution is 2.23. The average molecular weight is 285 g/mol. The number of nitrogens with zero attached hydrogens (tertiary/aromatic N) is 2. The second kappa shape index (κ2) is 4.91. The monoisotopic (exact) mass is 285 g/mol. The number of rotatable bonds is 1. The molecule has 1 amide bonds. The number of amides is 1. The molecule has 0 radical (unpaired) electrons. The number of H-pyrrole nitrogens is 1. The third-order valence-corrected chi connectivity index (χ3v) is 3.26. The van der Waals surface area contributed by atoms with Crippen molar-refractivity contribution in [3.8, 4) is 0 Å². The number of aromatic amines is 1. The van der Waals surface area contributed by atoms with Crippen molar-refractivity contribution in [2.45, 2.75) is 26.4 Å². The Morgan fingerprint density at radius 1 is 1.33 bits per heavy atom. The van der Waals surface area contributed by atoms with E-state index in [4.69, 9.17) is 4.74 Å². The predicted molar refractivity (Wildman–Crippen MR) is 81.9 cm³/mol. The van der Waals surface area contributed by atoms with Crippen LogP contribution in [0.2, 0.25) is 0 Å². The van der Waals surface area contributed by atoms with E-state index in [0.717, 1.165) is 22.4 Å². The van der Waals surface area contributed by atoms with E-state index in [0.29, 0.717) is 13.1 Å². The van der Waals surface area contributed by atoms with Gasteiger partial charge in [-0.3, -0.25) is 0 Å². The summed E-state index contributed by atoms with van der Waals surface area (Å²) in [6.07, 6.45) is 1.73. The molecular formula is C16H19N3O2. The lowest BCUT2D eigenvalue weighted by Gasteiger charge is -2.24. The molecule has 1 aromatic heterocycles. The largest absolute Gasteiger partial charge is 0.444 e. The van der Waals surface area contributed by atoms with E-state index in [2.05, 4.69) is 9.97 Å². The Bertz CT molecular complexity index is 677. The molecule has 1 aliphatic heterocycles. The highest BCUT2D eigenvalue weighted by atomic mass is 16.6. The molecule has 0 saturated heterocycles. The predicted octanol–water partition coefficient (Wildman–Crippen LogP) is 3.20. The Morgan fingerprint density at radius 3 is 2.81 bits per heavy atom. The Balaban J connectivity index is 1.73. The Hall–Kier alpha value is -2.30. The topological polar surface area (TPSA) is 58.2 Å². The minimum Gasteiger partial charge on any atom is -0.444 e. The van der Waals surface area contributed by atoms with Crippen molar-refractivity contribution in [3.63, 3.8) is 0 Å². The maximum absolute atomic E-state index is 12.0. The van der Waals surface area contributed by atoms with Crippen molar-refractivity contribution in [2.24, 2.45) is 0 Å². The zero-order valence-corrected chi connectivity index (χ0v) is 12.5. The third-order valence-electron chi connectivity index (χ3n) is 3.26. The van der Waals surface area contributed by atoms with Crippen LogP contribution < -0.4 is 0 Å². The molecule has 0 bridgehead atoms. The third kappa shape index (κ3) is 2.91. The van der Waals surface area contributed by atoms with Crippen molar-refractivity contribution >= 4 is 22.7 Å². The minimum absolute atomic E-state index is 0.287. The summed E-state index contributed by atoms with van der Waals surface area (Å²) in [6.45, 7) is 6.69. The van der Waals surface area contributed by atoms with Crippen LogP contribution in [0, 0.1) is 0 Å². The van der Waals surface area contributed by atoms with Crippen molar-refractivity contribution < 1.29 is 9.53 Å². The van der Waals surface area contributed by atoms with Crippen LogP contribution in [-0.4, -0.2) is 39.7 Å². The van der Waals surface area contributed by atoms with Gasteiger partial charge in [0.1, 0.15) is 11.4 Å². The first-order valence-electron chi connectivity index (χ1n) is 7.04. The van der Waals surface area contributed by atoms with Gasteiger partial charge >= 0.3 is 6.09 Å². The lowest BCUT2D eigenvalue weighted by Crippen LogP contribution is -2.35. The molecule has 0 fully saturated rings. The summed E-state index contributed by atoms with van der Waals surface area (Å²) in [5.41, 5.74) is 2.49. The van der Waals surface area contributed by atoms with Crippen LogP contribution in [0.25, 0.3) is 16.6 Å². The van der Waals surface area contributed by atoms with Crippen LogP contribution in [-0.2, 0) is 4.74 Å². The quantitative estimate of drug-likeness (QED) is 0.875. The van der Waals surface area contributed by atoms with Crippen LogP contribution in [0.4, 0.5) is 4.79 Å². The van der Waals surface area contributed by atoms with Gasteiger partial charge in [-0.15, -0.1) is 0 Å². The van der Waals surface area contributed by atoms with Gasteiger partial charge in [0.05, 0.1) is 17.6 Å². The molecule has 110 valence electrons. The molecule has 0 aliphatic carbocycles. The van der Waals surface area contributed by atoms with Crippen molar-refractivity contribution in [3.05, 3.63) is 36.2 Å². The number of carbonyl (C=O) groups is 1. The molecule has 0 atom stereocenters. The zero-order valence-electron chi connectivity index (χ0n) is 12.5. The zero-order chi connectivity index (χ0) is 15.0. The molecule has 1 aliphatic rings. The summed E-state index contributed by atoms with van der Waals surface area (Å²) in [6, 6.07) is 7.90. The lowest BCUT2D eigenvalue weighted by atomic mass is 10.2. The molecule has 5 heteroatoms. The highest BCUT2D eigenvalue weighted by Gasteiger charge is 2.26. The SMILES string of the molecule is CC(C)(C)OC(=O)N1CC=C(c2nc3ccccc3[nH]2)C1. The molecular weight excluding hydrogens is 266 g/mol. The summed E-state index contributed by atoms with van der Waals surface area (Å²) in [5, 5.41) is 0. The molecule has 2 aromatic rings. The van der Waals surface area contributed by atoms with Gasteiger partial charge in [0.2, 0.25) is 0 Å². The van der Waals surface area contributed by atoms with Crippen molar-refractivity contribution in [1.29, 1.82) is 0 Å². The molecule has 5 nitrogen and oxygen atoms in total. The van der Waals surface area contributed by atoms with E-state index in [1.165, 1.54) is 0 Å². The van der Waals surface area contributed by atoms with Crippen molar-refractivity contribution in [1.82, 2.24) is 14.9 Å². The number of nitrogens with one attached hydrogen (secondary N) is 1. The fourth-order valence-electron chi connectivity index (χ4n) is 2.30. The average Bonchev–Trinajstić information content (AvgIpc) is 3.03. The number of benzene rings is 1. The Labute approximate surface area is 123 Å². The number of fused-ring (bicyclic) bond motifs is 1. The second-order valence-corrected chi connectivity index (χ2v) is 6.19. The number of para-hydroxylation sites is 2. The number of aromatic nitrogens is 2. The van der Waals surface area contributed by atoms with Gasteiger partial charge in [-0.1, -0.05) is 18.2 Å². The highest BCUT2D eigenvalue weighted by molar-refractivity contribution is 5.81. The van der Waals surface area contributed by atoms with E-state index in [9.17, 15) is 4.79 Å². The summed E-state index contributed by atoms with van der Waals surface area (Å²) in [4.78, 5) is 21.6. The van der Waals surface area contributed by atoms with Crippen LogP contribution >= 0.6 is 0 Å². The fraction of sp³-hybridized carbons (Fsp3) is 0.375. The smallest absolute Gasteiger partial charge is 0.410 e. The number of hydrogen-bond donors (Lipinski definition) is 1. The summed E-state index contributed by atoms with van der Waals surface area (Å²) in [7, 11) is 0. The van der Waals surface area contributed by atoms with Crippen LogP contribution in [0.3, 0.4) is 0 Å². The lowest BCUT2D eigenvalue weighted by molar-refractivity contribution is 0.0306. The standard InChI is InChI=1S/C16H19N3O2/c1-16(2,3)21-15(20)19-9-8-11(10-19)14-17-12-6-4-5-7-13(12)18-14/h4-8H,9-10H2,1-3H3,(H,17,18). The maximum Gasteiger partial charge on any atom is 0.410 e. The molecule has 1 N–H and O–H groups in total. The Morgan fingerprint density at radius 2 is 2.10 bits per heavy atom. The van der Waals surface area contributed by atoms with E-state index >= 15 is 0 Å². The van der Waals surface area contributed by atoms with E-state index in [-0.39, 0.29) is 6.09 Å². The van der Waals surface area contributed by atoms with Crippen molar-refractivity contribution in [2.75, 3.05) is 13.1 Å². The van der Waals surface area contributed by atoms with E-state index in [1.807, 2.05) is 51.1 Å². The summed E-state index contributed by atoms with van der Waals surface area (Å²) in [5.74, 6) is 0.822. The number of hydrogen-bond acceptors (Lipinski definition) is 3. The Kier molecular flexibility index (Phi) is 3.20. The summed E-state index contributed by atoms with van der Waals surface area (Å²) < 4.78 is 5.39. The normalized spacial score (nSPS) is 15.4. The molecule has 0 saturated carbocycles. The summed E-state index contributed by atoms with van der Waals surface area (Å²) >= 11 is 0. The number of carbonyl (C=O) groups excluding carboxylic acids is 1. The van der Waals surface area contributed by atoms with Gasteiger partial charge in [-0.2, -0.15) is 0 Å². The molecule has 3 rings (SSSR count). The van der Waals surface area contributed by atoms with Gasteiger partial charge in [0.15, 0.2) is 0 Å². The van der Waals surface area contributed by atoms with E-state index < -0.39 is 5.60 Å². The second-order valence-electron chi connectivity index (χ2n) is 6.19. The molecule has 2 heterocycles. The molecule has 0 spiro atoms. The molecule has 0 unspecified atom stereocenters.